The van der Waals surface area contributed by atoms with Crippen molar-refractivity contribution in [1.29, 1.82) is 0 Å². The van der Waals surface area contributed by atoms with Crippen LogP contribution in [0.25, 0.3) is 101 Å². The highest BCUT2D eigenvalue weighted by atomic mass is 32.1. The maximum atomic E-state index is 6.79. The number of fused-ring (bicyclic) bond motifs is 19. The molecule has 0 fully saturated rings. The molecule has 0 saturated heterocycles. The molecule has 0 radical (unpaired) electrons. The minimum absolute atomic E-state index is 0.0142. The van der Waals surface area contributed by atoms with Gasteiger partial charge in [-0.3, -0.25) is 0 Å². The number of hydrogen-bond donors (Lipinski definition) is 0. The van der Waals surface area contributed by atoms with Gasteiger partial charge in [0.2, 0.25) is 0 Å². The molecule has 0 spiro atoms. The van der Waals surface area contributed by atoms with E-state index in [1.54, 1.807) is 0 Å². The van der Waals surface area contributed by atoms with Crippen molar-refractivity contribution in [3.05, 3.63) is 151 Å². The van der Waals surface area contributed by atoms with Gasteiger partial charge in [0.05, 0.1) is 11.0 Å². The van der Waals surface area contributed by atoms with E-state index < -0.39 is 0 Å². The van der Waals surface area contributed by atoms with Gasteiger partial charge in [-0.15, -0.1) is 22.7 Å². The molecule has 0 bridgehead atoms. The van der Waals surface area contributed by atoms with E-state index in [1.807, 2.05) is 22.7 Å². The molecule has 12 aromatic rings. The van der Waals surface area contributed by atoms with Gasteiger partial charge in [0, 0.05) is 90.1 Å². The van der Waals surface area contributed by atoms with Gasteiger partial charge in [0.15, 0.2) is 0 Å². The van der Waals surface area contributed by atoms with Gasteiger partial charge < -0.3 is 13.8 Å². The zero-order valence-corrected chi connectivity index (χ0v) is 37.1. The largest absolute Gasteiger partial charge is 0.456 e. The average Bonchev–Trinajstić information content (AvgIpc) is 4.02. The van der Waals surface area contributed by atoms with Crippen molar-refractivity contribution in [2.45, 2.75) is 52.4 Å². The highest BCUT2D eigenvalue weighted by molar-refractivity contribution is 7.27. The quantitative estimate of drug-likeness (QED) is 0.154. The average molecular weight is 833 g/mol. The third kappa shape index (κ3) is 4.51. The molecule has 2 aliphatic heterocycles. The number of benzene rings is 8. The number of thiophene rings is 2. The summed E-state index contributed by atoms with van der Waals surface area (Å²) in [5.41, 5.74) is 16.1. The Morgan fingerprint density at radius 1 is 0.516 bits per heavy atom. The molecule has 8 aromatic carbocycles. The Labute approximate surface area is 367 Å². The molecule has 0 saturated carbocycles. The van der Waals surface area contributed by atoms with Crippen molar-refractivity contribution in [3.8, 4) is 16.8 Å². The zero-order chi connectivity index (χ0) is 41.6. The molecule has 2 aliphatic rings. The lowest BCUT2D eigenvalue weighted by Gasteiger charge is -2.42. The first-order valence-electron chi connectivity index (χ1n) is 21.8. The van der Waals surface area contributed by atoms with Crippen LogP contribution in [0.5, 0.6) is 0 Å². The smallest absolute Gasteiger partial charge is 0.333 e. The molecule has 6 heteroatoms. The standard InChI is InChI=1S/C56H41BN2OS2/c1-55(2,3)30-19-22-32(23-20-30)59-42-27-37-34-14-8-11-17-46(34)61-48(37)28-39(42)51-52-53-49(50-35-15-9-12-18-47(35)62-54(50)51)38-25-31(56(4,5)6)21-24-41(38)58(53)43-26-36-33-13-7-10-16-44(33)60-45(36)29-40(43)57(52)59/h7-29H,1-6H3. The molecular weight excluding hydrogens is 792 g/mol. The summed E-state index contributed by atoms with van der Waals surface area (Å²) in [6.45, 7) is 13.8. The summed E-state index contributed by atoms with van der Waals surface area (Å²) in [6, 6.07) is 53.2. The highest BCUT2D eigenvalue weighted by Gasteiger charge is 2.46. The summed E-state index contributed by atoms with van der Waals surface area (Å²) >= 11 is 3.87. The topological polar surface area (TPSA) is 21.3 Å². The molecule has 4 aromatic heterocycles. The highest BCUT2D eigenvalue weighted by Crippen LogP contribution is 2.54. The molecule has 62 heavy (non-hydrogen) atoms. The summed E-state index contributed by atoms with van der Waals surface area (Å²) < 4.78 is 14.8. The molecule has 0 aliphatic carbocycles. The van der Waals surface area contributed by atoms with Crippen LogP contribution in [0.3, 0.4) is 0 Å². The normalized spacial score (nSPS) is 13.9. The second kappa shape index (κ2) is 11.8. The van der Waals surface area contributed by atoms with E-state index in [1.165, 1.54) is 112 Å². The summed E-state index contributed by atoms with van der Waals surface area (Å²) in [6.07, 6.45) is 0. The maximum absolute atomic E-state index is 6.79. The van der Waals surface area contributed by atoms with E-state index in [4.69, 9.17) is 4.42 Å². The van der Waals surface area contributed by atoms with Crippen LogP contribution in [-0.4, -0.2) is 11.4 Å². The monoisotopic (exact) mass is 832 g/mol. The minimum atomic E-state index is -0.135. The fraction of sp³-hybridized carbons (Fsp3) is 0.143. The van der Waals surface area contributed by atoms with Crippen molar-refractivity contribution in [1.82, 2.24) is 4.57 Å². The first-order valence-corrected chi connectivity index (χ1v) is 23.4. The fourth-order valence-corrected chi connectivity index (χ4v) is 13.5. The predicted octanol–water partition coefficient (Wildman–Crippen LogP) is 15.3. The minimum Gasteiger partial charge on any atom is -0.456 e. The van der Waals surface area contributed by atoms with E-state index >= 15 is 0 Å². The first-order chi connectivity index (χ1) is 30.0. The molecule has 3 nitrogen and oxygen atoms in total. The van der Waals surface area contributed by atoms with Crippen molar-refractivity contribution < 1.29 is 4.42 Å². The van der Waals surface area contributed by atoms with Crippen molar-refractivity contribution >= 4 is 136 Å². The summed E-state index contributed by atoms with van der Waals surface area (Å²) in [7, 11) is 0. The number of para-hydroxylation sites is 1. The Bertz CT molecular complexity index is 3960. The predicted molar refractivity (Wildman–Crippen MR) is 270 cm³/mol. The van der Waals surface area contributed by atoms with Gasteiger partial charge in [0.1, 0.15) is 11.2 Å². The van der Waals surface area contributed by atoms with Crippen LogP contribution in [0.1, 0.15) is 52.7 Å². The lowest BCUT2D eigenvalue weighted by molar-refractivity contribution is 0.590. The number of anilines is 2. The Morgan fingerprint density at radius 2 is 1.19 bits per heavy atom. The Morgan fingerprint density at radius 3 is 1.97 bits per heavy atom. The molecule has 0 atom stereocenters. The SMILES string of the molecule is CC(C)(C)c1ccc(N2B3c4cc5oc6ccccc6c5cc4-n4c5ccc(C(C)(C)C)cc5c5c6c(sc7ccccc76)c(c3c54)-c3cc4sc5ccccc5c4cc32)cc1. The van der Waals surface area contributed by atoms with Crippen LogP contribution >= 0.6 is 22.7 Å². The van der Waals surface area contributed by atoms with Gasteiger partial charge in [0.25, 0.3) is 0 Å². The molecule has 0 amide bonds. The Balaban J connectivity index is 1.24. The molecule has 14 rings (SSSR count). The second-order valence-corrected chi connectivity index (χ2v) is 21.8. The van der Waals surface area contributed by atoms with Crippen LogP contribution in [0.15, 0.2) is 144 Å². The molecular formula is C56H41BN2OS2. The number of furan rings is 1. The molecule has 0 N–H and O–H groups in total. The summed E-state index contributed by atoms with van der Waals surface area (Å²) in [5, 5.41) is 10.3. The van der Waals surface area contributed by atoms with Gasteiger partial charge in [-0.1, -0.05) is 114 Å². The van der Waals surface area contributed by atoms with Crippen molar-refractivity contribution in [2.24, 2.45) is 0 Å². The van der Waals surface area contributed by atoms with Gasteiger partial charge in [-0.2, -0.15) is 0 Å². The second-order valence-electron chi connectivity index (χ2n) is 19.7. The van der Waals surface area contributed by atoms with Crippen LogP contribution < -0.4 is 15.7 Å². The molecule has 6 heterocycles. The number of aromatic nitrogens is 1. The Hall–Kier alpha value is -6.34. The first kappa shape index (κ1) is 35.3. The maximum Gasteiger partial charge on any atom is 0.333 e. The lowest BCUT2D eigenvalue weighted by atomic mass is 9.44. The molecule has 296 valence electrons. The van der Waals surface area contributed by atoms with Crippen LogP contribution in [0, 0.1) is 0 Å². The van der Waals surface area contributed by atoms with E-state index in [9.17, 15) is 0 Å². The third-order valence-electron chi connectivity index (χ3n) is 14.1. The Kier molecular flexibility index (Phi) is 6.70. The van der Waals surface area contributed by atoms with Crippen molar-refractivity contribution in [3.63, 3.8) is 0 Å². The third-order valence-corrected chi connectivity index (χ3v) is 16.4. The van der Waals surface area contributed by atoms with E-state index in [-0.39, 0.29) is 17.7 Å². The fourth-order valence-electron chi connectivity index (χ4n) is 11.1. The van der Waals surface area contributed by atoms with Crippen LogP contribution in [0.4, 0.5) is 11.4 Å². The van der Waals surface area contributed by atoms with Crippen LogP contribution in [-0.2, 0) is 10.8 Å². The van der Waals surface area contributed by atoms with Crippen molar-refractivity contribution in [2.75, 3.05) is 4.81 Å². The van der Waals surface area contributed by atoms with E-state index in [0.29, 0.717) is 0 Å². The number of hydrogen-bond acceptors (Lipinski definition) is 4. The van der Waals surface area contributed by atoms with Gasteiger partial charge in [-0.25, -0.2) is 0 Å². The summed E-state index contributed by atoms with van der Waals surface area (Å²) in [5.74, 6) is 0. The number of nitrogens with zero attached hydrogens (tertiary/aromatic N) is 2. The zero-order valence-electron chi connectivity index (χ0n) is 35.5. The number of rotatable bonds is 1. The van der Waals surface area contributed by atoms with E-state index in [2.05, 4.69) is 190 Å². The van der Waals surface area contributed by atoms with E-state index in [0.717, 1.165) is 21.9 Å². The van der Waals surface area contributed by atoms with Crippen LogP contribution in [0.2, 0.25) is 0 Å². The van der Waals surface area contributed by atoms with Gasteiger partial charge in [-0.05, 0) is 99.6 Å². The molecule has 0 unspecified atom stereocenters. The summed E-state index contributed by atoms with van der Waals surface area (Å²) in [4.78, 5) is 2.68. The van der Waals surface area contributed by atoms with Gasteiger partial charge >= 0.3 is 6.85 Å². The lowest BCUT2D eigenvalue weighted by Crippen LogP contribution is -2.60.